The molecule has 0 aliphatic carbocycles. The van der Waals surface area contributed by atoms with E-state index < -0.39 is 10.0 Å². The van der Waals surface area contributed by atoms with E-state index in [9.17, 15) is 8.42 Å². The molecule has 0 saturated carbocycles. The van der Waals surface area contributed by atoms with Crippen LogP contribution in [0.5, 0.6) is 0 Å². The first-order chi connectivity index (χ1) is 9.16. The van der Waals surface area contributed by atoms with Crippen molar-refractivity contribution in [2.24, 2.45) is 5.41 Å². The second-order valence-corrected chi connectivity index (χ2v) is 7.89. The van der Waals surface area contributed by atoms with Crippen molar-refractivity contribution in [2.45, 2.75) is 52.0 Å². The number of hydrogen-bond donors (Lipinski definition) is 2. The SMILES string of the molecule is CCC(C)(C)CNc1ccc(S(=O)(=O)NC(C)C)cc1. The Labute approximate surface area is 123 Å². The summed E-state index contributed by atoms with van der Waals surface area (Å²) in [6.45, 7) is 11.0. The highest BCUT2D eigenvalue weighted by atomic mass is 32.2. The number of nitrogens with one attached hydrogen (secondary N) is 2. The summed E-state index contributed by atoms with van der Waals surface area (Å²) in [5, 5.41) is 3.34. The van der Waals surface area contributed by atoms with Crippen molar-refractivity contribution in [1.82, 2.24) is 4.72 Å². The minimum atomic E-state index is -3.40. The van der Waals surface area contributed by atoms with E-state index in [1.54, 1.807) is 38.1 Å². The molecule has 1 aromatic carbocycles. The molecule has 0 radical (unpaired) electrons. The number of sulfonamides is 1. The monoisotopic (exact) mass is 298 g/mol. The molecule has 0 aliphatic heterocycles. The van der Waals surface area contributed by atoms with Gasteiger partial charge in [0.1, 0.15) is 0 Å². The molecule has 0 bridgehead atoms. The van der Waals surface area contributed by atoms with Crippen LogP contribution in [0.25, 0.3) is 0 Å². The maximum atomic E-state index is 12.0. The third-order valence-corrected chi connectivity index (χ3v) is 4.96. The molecule has 0 aromatic heterocycles. The molecule has 4 nitrogen and oxygen atoms in total. The molecule has 0 heterocycles. The third-order valence-electron chi connectivity index (χ3n) is 3.28. The van der Waals surface area contributed by atoms with Gasteiger partial charge in [-0.25, -0.2) is 13.1 Å². The average Bonchev–Trinajstić information content (AvgIpc) is 2.35. The van der Waals surface area contributed by atoms with Crippen LogP contribution >= 0.6 is 0 Å². The molecule has 1 aromatic rings. The molecule has 114 valence electrons. The zero-order chi connectivity index (χ0) is 15.4. The Hall–Kier alpha value is -1.07. The van der Waals surface area contributed by atoms with Crippen LogP contribution in [0.15, 0.2) is 29.2 Å². The summed E-state index contributed by atoms with van der Waals surface area (Å²) in [4.78, 5) is 0.298. The van der Waals surface area contributed by atoms with Crippen molar-refractivity contribution in [2.75, 3.05) is 11.9 Å². The number of hydrogen-bond acceptors (Lipinski definition) is 3. The van der Waals surface area contributed by atoms with E-state index in [-0.39, 0.29) is 11.5 Å². The van der Waals surface area contributed by atoms with E-state index >= 15 is 0 Å². The highest BCUT2D eigenvalue weighted by Crippen LogP contribution is 2.21. The highest BCUT2D eigenvalue weighted by molar-refractivity contribution is 7.89. The van der Waals surface area contributed by atoms with Crippen LogP contribution in [0.1, 0.15) is 41.0 Å². The van der Waals surface area contributed by atoms with Gasteiger partial charge in [0.2, 0.25) is 10.0 Å². The van der Waals surface area contributed by atoms with Gasteiger partial charge in [0.25, 0.3) is 0 Å². The molecule has 0 unspecified atom stereocenters. The van der Waals surface area contributed by atoms with Gasteiger partial charge in [0.15, 0.2) is 0 Å². The molecule has 1 rings (SSSR count). The van der Waals surface area contributed by atoms with Crippen molar-refractivity contribution in [3.05, 3.63) is 24.3 Å². The summed E-state index contributed by atoms with van der Waals surface area (Å²) in [5.41, 5.74) is 1.17. The lowest BCUT2D eigenvalue weighted by Gasteiger charge is -2.23. The highest BCUT2D eigenvalue weighted by Gasteiger charge is 2.16. The van der Waals surface area contributed by atoms with Crippen LogP contribution in [0.3, 0.4) is 0 Å². The number of anilines is 1. The zero-order valence-electron chi connectivity index (χ0n) is 13.0. The van der Waals surface area contributed by atoms with E-state index in [1.807, 2.05) is 0 Å². The molecule has 0 fully saturated rings. The summed E-state index contributed by atoms with van der Waals surface area (Å²) in [7, 11) is -3.40. The lowest BCUT2D eigenvalue weighted by molar-refractivity contribution is 0.377. The predicted molar refractivity (Wildman–Crippen MR) is 84.5 cm³/mol. The Bertz CT molecular complexity index is 519. The maximum Gasteiger partial charge on any atom is 0.240 e. The average molecular weight is 298 g/mol. The largest absolute Gasteiger partial charge is 0.385 e. The van der Waals surface area contributed by atoms with Gasteiger partial charge in [-0.15, -0.1) is 0 Å². The Morgan fingerprint density at radius 3 is 2.15 bits per heavy atom. The minimum absolute atomic E-state index is 0.108. The Morgan fingerprint density at radius 2 is 1.70 bits per heavy atom. The summed E-state index contributed by atoms with van der Waals surface area (Å²) in [6.07, 6.45) is 1.09. The predicted octanol–water partition coefficient (Wildman–Crippen LogP) is 3.22. The van der Waals surface area contributed by atoms with Crippen molar-refractivity contribution >= 4 is 15.7 Å². The van der Waals surface area contributed by atoms with Gasteiger partial charge in [-0.05, 0) is 49.9 Å². The van der Waals surface area contributed by atoms with Gasteiger partial charge < -0.3 is 5.32 Å². The van der Waals surface area contributed by atoms with Gasteiger partial charge in [-0.3, -0.25) is 0 Å². The number of rotatable bonds is 7. The second kappa shape index (κ2) is 6.59. The topological polar surface area (TPSA) is 58.2 Å². The van der Waals surface area contributed by atoms with E-state index in [0.717, 1.165) is 18.7 Å². The van der Waals surface area contributed by atoms with Crippen LogP contribution in [0, 0.1) is 5.41 Å². The number of benzene rings is 1. The summed E-state index contributed by atoms with van der Waals surface area (Å²) < 4.78 is 26.5. The fraction of sp³-hybridized carbons (Fsp3) is 0.600. The Balaban J connectivity index is 2.75. The van der Waals surface area contributed by atoms with Crippen LogP contribution < -0.4 is 10.0 Å². The van der Waals surface area contributed by atoms with E-state index in [4.69, 9.17) is 0 Å². The third kappa shape index (κ3) is 5.13. The summed E-state index contributed by atoms with van der Waals surface area (Å²) in [5.74, 6) is 0. The van der Waals surface area contributed by atoms with Crippen LogP contribution in [0.2, 0.25) is 0 Å². The lowest BCUT2D eigenvalue weighted by atomic mass is 9.90. The Morgan fingerprint density at radius 1 is 1.15 bits per heavy atom. The van der Waals surface area contributed by atoms with Gasteiger partial charge >= 0.3 is 0 Å². The fourth-order valence-electron chi connectivity index (χ4n) is 1.60. The molecular weight excluding hydrogens is 272 g/mol. The summed E-state index contributed by atoms with van der Waals surface area (Å²) >= 11 is 0. The summed E-state index contributed by atoms with van der Waals surface area (Å²) in [6, 6.07) is 6.77. The molecule has 0 spiro atoms. The molecule has 20 heavy (non-hydrogen) atoms. The van der Waals surface area contributed by atoms with Crippen LogP contribution in [-0.4, -0.2) is 21.0 Å². The fourth-order valence-corrected chi connectivity index (χ4v) is 2.85. The van der Waals surface area contributed by atoms with Gasteiger partial charge in [0, 0.05) is 18.3 Å². The smallest absolute Gasteiger partial charge is 0.240 e. The molecule has 0 amide bonds. The quantitative estimate of drug-likeness (QED) is 0.812. The second-order valence-electron chi connectivity index (χ2n) is 6.17. The van der Waals surface area contributed by atoms with Crippen molar-refractivity contribution in [1.29, 1.82) is 0 Å². The first-order valence-corrected chi connectivity index (χ1v) is 8.51. The van der Waals surface area contributed by atoms with Gasteiger partial charge in [-0.1, -0.05) is 20.8 Å². The van der Waals surface area contributed by atoms with Crippen LogP contribution in [0.4, 0.5) is 5.69 Å². The molecule has 0 saturated heterocycles. The maximum absolute atomic E-state index is 12.0. The molecular formula is C15H26N2O2S. The van der Waals surface area contributed by atoms with Crippen molar-refractivity contribution < 1.29 is 8.42 Å². The van der Waals surface area contributed by atoms with Crippen molar-refractivity contribution in [3.63, 3.8) is 0 Å². The normalized spacial score (nSPS) is 12.7. The molecule has 0 aliphatic rings. The first kappa shape index (κ1) is 17.0. The van der Waals surface area contributed by atoms with Crippen LogP contribution in [-0.2, 0) is 10.0 Å². The zero-order valence-corrected chi connectivity index (χ0v) is 13.8. The minimum Gasteiger partial charge on any atom is -0.385 e. The molecule has 5 heteroatoms. The first-order valence-electron chi connectivity index (χ1n) is 7.02. The van der Waals surface area contributed by atoms with Gasteiger partial charge in [-0.2, -0.15) is 0 Å². The molecule has 0 atom stereocenters. The molecule has 2 N–H and O–H groups in total. The standard InChI is InChI=1S/C15H26N2O2S/c1-6-15(4,5)11-16-13-7-9-14(10-8-13)20(18,19)17-12(2)3/h7-10,12,16-17H,6,11H2,1-5H3. The van der Waals surface area contributed by atoms with Gasteiger partial charge in [0.05, 0.1) is 4.90 Å². The van der Waals surface area contributed by atoms with E-state index in [0.29, 0.717) is 4.90 Å². The Kier molecular flexibility index (Phi) is 5.59. The van der Waals surface area contributed by atoms with E-state index in [1.165, 1.54) is 0 Å². The lowest BCUT2D eigenvalue weighted by Crippen LogP contribution is -2.30. The van der Waals surface area contributed by atoms with Crippen molar-refractivity contribution in [3.8, 4) is 0 Å². The van der Waals surface area contributed by atoms with E-state index in [2.05, 4.69) is 30.8 Å².